The number of fused-ring (bicyclic) bond motifs is 1. The van der Waals surface area contributed by atoms with E-state index in [1.54, 1.807) is 0 Å². The van der Waals surface area contributed by atoms with E-state index in [0.29, 0.717) is 0 Å². The van der Waals surface area contributed by atoms with Crippen molar-refractivity contribution in [3.8, 4) is 0 Å². The summed E-state index contributed by atoms with van der Waals surface area (Å²) in [5.41, 5.74) is 2.80. The zero-order chi connectivity index (χ0) is 13.4. The van der Waals surface area contributed by atoms with Crippen molar-refractivity contribution >= 4 is 10.8 Å². The highest BCUT2D eigenvalue weighted by Crippen LogP contribution is 2.18. The van der Waals surface area contributed by atoms with Gasteiger partial charge in [0.2, 0.25) is 0 Å². The highest BCUT2D eigenvalue weighted by atomic mass is 14.0. The highest BCUT2D eigenvalue weighted by Gasteiger charge is 1.96. The molecule has 0 aliphatic rings. The number of hydrogen-bond acceptors (Lipinski definition) is 0. The standard InChI is InChI=1S/C15H18.C3H8/c1-3-4-5-13-7-9-14-10-12(2)6-8-15(14)11-13;1-3-2/h6-11H,3-5H2,1-2H3;3H2,1-2H3. The van der Waals surface area contributed by atoms with Crippen molar-refractivity contribution in [1.82, 2.24) is 0 Å². The van der Waals surface area contributed by atoms with Crippen LogP contribution in [0.15, 0.2) is 36.4 Å². The zero-order valence-corrected chi connectivity index (χ0v) is 12.3. The summed E-state index contributed by atoms with van der Waals surface area (Å²) >= 11 is 0. The SMILES string of the molecule is CCC.CCCCc1ccc2cc(C)ccc2c1. The van der Waals surface area contributed by atoms with E-state index in [-0.39, 0.29) is 0 Å². The average molecular weight is 242 g/mol. The molecule has 0 aromatic heterocycles. The van der Waals surface area contributed by atoms with Crippen LogP contribution < -0.4 is 0 Å². The second-order valence-electron chi connectivity index (χ2n) is 5.00. The van der Waals surface area contributed by atoms with Gasteiger partial charge >= 0.3 is 0 Å². The molecule has 0 aliphatic heterocycles. The highest BCUT2D eigenvalue weighted by molar-refractivity contribution is 5.83. The van der Waals surface area contributed by atoms with Gasteiger partial charge in [-0.25, -0.2) is 0 Å². The smallest absolute Gasteiger partial charge is 0.0181 e. The summed E-state index contributed by atoms with van der Waals surface area (Å²) in [6.45, 7) is 8.63. The van der Waals surface area contributed by atoms with Crippen LogP contribution in [0.3, 0.4) is 0 Å². The lowest BCUT2D eigenvalue weighted by atomic mass is 10.0. The topological polar surface area (TPSA) is 0 Å². The fraction of sp³-hybridized carbons (Fsp3) is 0.444. The molecule has 0 heteroatoms. The maximum atomic E-state index is 2.32. The Morgan fingerprint density at radius 1 is 0.833 bits per heavy atom. The molecular weight excluding hydrogens is 216 g/mol. The van der Waals surface area contributed by atoms with Crippen LogP contribution in [0, 0.1) is 6.92 Å². The molecule has 0 unspecified atom stereocenters. The first kappa shape index (κ1) is 14.8. The molecule has 18 heavy (non-hydrogen) atoms. The van der Waals surface area contributed by atoms with Crippen molar-refractivity contribution in [2.75, 3.05) is 0 Å². The summed E-state index contributed by atoms with van der Waals surface area (Å²) in [6.07, 6.45) is 5.02. The second kappa shape index (κ2) is 7.92. The minimum atomic E-state index is 1.21. The van der Waals surface area contributed by atoms with Crippen LogP contribution >= 0.6 is 0 Å². The van der Waals surface area contributed by atoms with Crippen molar-refractivity contribution in [1.29, 1.82) is 0 Å². The maximum Gasteiger partial charge on any atom is -0.0181 e. The zero-order valence-electron chi connectivity index (χ0n) is 12.3. The first-order chi connectivity index (χ1) is 8.71. The number of aryl methyl sites for hydroxylation is 2. The lowest BCUT2D eigenvalue weighted by Gasteiger charge is -2.03. The van der Waals surface area contributed by atoms with Crippen molar-refractivity contribution in [2.24, 2.45) is 0 Å². The Bertz CT molecular complexity index is 468. The molecule has 0 saturated heterocycles. The van der Waals surface area contributed by atoms with E-state index in [1.165, 1.54) is 47.6 Å². The van der Waals surface area contributed by atoms with Gasteiger partial charge in [-0.1, -0.05) is 75.6 Å². The molecule has 2 rings (SSSR count). The van der Waals surface area contributed by atoms with Crippen molar-refractivity contribution < 1.29 is 0 Å². The monoisotopic (exact) mass is 242 g/mol. The van der Waals surface area contributed by atoms with E-state index in [9.17, 15) is 0 Å². The number of benzene rings is 2. The Morgan fingerprint density at radius 2 is 1.44 bits per heavy atom. The molecule has 98 valence electrons. The molecule has 2 aromatic carbocycles. The van der Waals surface area contributed by atoms with Gasteiger partial charge in [0.1, 0.15) is 0 Å². The van der Waals surface area contributed by atoms with Gasteiger partial charge in [0.05, 0.1) is 0 Å². The van der Waals surface area contributed by atoms with Crippen molar-refractivity contribution in [3.63, 3.8) is 0 Å². The van der Waals surface area contributed by atoms with Gasteiger partial charge in [0.25, 0.3) is 0 Å². The summed E-state index contributed by atoms with van der Waals surface area (Å²) in [5, 5.41) is 2.73. The largest absolute Gasteiger partial charge is 0.0656 e. The summed E-state index contributed by atoms with van der Waals surface area (Å²) in [6, 6.07) is 13.5. The summed E-state index contributed by atoms with van der Waals surface area (Å²) in [7, 11) is 0. The van der Waals surface area contributed by atoms with E-state index in [4.69, 9.17) is 0 Å². The molecule has 0 nitrogen and oxygen atoms in total. The normalized spacial score (nSPS) is 10.0. The fourth-order valence-electron chi connectivity index (χ4n) is 1.95. The van der Waals surface area contributed by atoms with Gasteiger partial charge in [-0.05, 0) is 36.1 Å². The Hall–Kier alpha value is -1.30. The molecule has 0 heterocycles. The molecule has 0 N–H and O–H groups in total. The second-order valence-corrected chi connectivity index (χ2v) is 5.00. The van der Waals surface area contributed by atoms with Gasteiger partial charge in [-0.15, -0.1) is 0 Å². The minimum absolute atomic E-state index is 1.21. The Morgan fingerprint density at radius 3 is 2.11 bits per heavy atom. The minimum Gasteiger partial charge on any atom is -0.0656 e. The third kappa shape index (κ3) is 4.52. The predicted octanol–water partition coefficient (Wildman–Crippen LogP) is 5.91. The third-order valence-corrected chi connectivity index (χ3v) is 2.88. The van der Waals surface area contributed by atoms with Gasteiger partial charge in [-0.3, -0.25) is 0 Å². The fourth-order valence-corrected chi connectivity index (χ4v) is 1.95. The average Bonchev–Trinajstić information content (AvgIpc) is 2.37. The molecule has 2 aromatic rings. The van der Waals surface area contributed by atoms with Crippen molar-refractivity contribution in [3.05, 3.63) is 47.5 Å². The van der Waals surface area contributed by atoms with Gasteiger partial charge in [0, 0.05) is 0 Å². The van der Waals surface area contributed by atoms with Crippen LogP contribution in [-0.4, -0.2) is 0 Å². The first-order valence-corrected chi connectivity index (χ1v) is 7.20. The summed E-state index contributed by atoms with van der Waals surface area (Å²) in [4.78, 5) is 0. The Kier molecular flexibility index (Phi) is 6.49. The van der Waals surface area contributed by atoms with Crippen LogP contribution in [-0.2, 0) is 6.42 Å². The molecule has 0 saturated carbocycles. The van der Waals surface area contributed by atoms with Crippen LogP contribution in [0.4, 0.5) is 0 Å². The quantitative estimate of drug-likeness (QED) is 0.628. The van der Waals surface area contributed by atoms with E-state index in [0.717, 1.165) is 0 Å². The molecule has 0 amide bonds. The van der Waals surface area contributed by atoms with E-state index in [1.807, 2.05) is 0 Å². The molecule has 0 bridgehead atoms. The van der Waals surface area contributed by atoms with E-state index >= 15 is 0 Å². The van der Waals surface area contributed by atoms with Crippen LogP contribution in [0.25, 0.3) is 10.8 Å². The van der Waals surface area contributed by atoms with Gasteiger partial charge < -0.3 is 0 Å². The van der Waals surface area contributed by atoms with Crippen LogP contribution in [0.5, 0.6) is 0 Å². The van der Waals surface area contributed by atoms with Crippen LogP contribution in [0.1, 0.15) is 51.2 Å². The molecule has 0 radical (unpaired) electrons. The summed E-state index contributed by atoms with van der Waals surface area (Å²) < 4.78 is 0. The number of rotatable bonds is 3. The van der Waals surface area contributed by atoms with Crippen molar-refractivity contribution in [2.45, 2.75) is 53.4 Å². The molecular formula is C18H26. The third-order valence-electron chi connectivity index (χ3n) is 2.88. The lowest BCUT2D eigenvalue weighted by molar-refractivity contribution is 0.796. The van der Waals surface area contributed by atoms with Gasteiger partial charge in [-0.2, -0.15) is 0 Å². The van der Waals surface area contributed by atoms with E-state index in [2.05, 4.69) is 64.1 Å². The molecule has 0 spiro atoms. The first-order valence-electron chi connectivity index (χ1n) is 7.20. The number of hydrogen-bond donors (Lipinski definition) is 0. The summed E-state index contributed by atoms with van der Waals surface area (Å²) in [5.74, 6) is 0. The molecule has 0 atom stereocenters. The molecule has 0 fully saturated rings. The molecule has 0 aliphatic carbocycles. The lowest BCUT2D eigenvalue weighted by Crippen LogP contribution is -1.85. The Labute approximate surface area is 112 Å². The number of unbranched alkanes of at least 4 members (excludes halogenated alkanes) is 1. The van der Waals surface area contributed by atoms with Gasteiger partial charge in [0.15, 0.2) is 0 Å². The Balaban J connectivity index is 0.000000492. The van der Waals surface area contributed by atoms with Crippen LogP contribution in [0.2, 0.25) is 0 Å². The maximum absolute atomic E-state index is 2.32. The predicted molar refractivity (Wildman–Crippen MR) is 83.3 cm³/mol. The van der Waals surface area contributed by atoms with E-state index < -0.39 is 0 Å².